The lowest BCUT2D eigenvalue weighted by Crippen LogP contribution is -2.41. The number of nitrogens with zero attached hydrogens (tertiary/aromatic N) is 1. The zero-order chi connectivity index (χ0) is 17.6. The highest BCUT2D eigenvalue weighted by Crippen LogP contribution is 2.26. The van der Waals surface area contributed by atoms with Gasteiger partial charge in [-0.3, -0.25) is 9.69 Å². The first-order valence-electron chi connectivity index (χ1n) is 8.70. The van der Waals surface area contributed by atoms with Gasteiger partial charge >= 0.3 is 0 Å². The average molecular weight is 358 g/mol. The van der Waals surface area contributed by atoms with Crippen molar-refractivity contribution >= 4 is 23.2 Å². The Labute approximate surface area is 154 Å². The van der Waals surface area contributed by atoms with Gasteiger partial charge in [0.2, 0.25) is 0 Å². The largest absolute Gasteiger partial charge is 0.380 e. The van der Waals surface area contributed by atoms with Gasteiger partial charge in [0.1, 0.15) is 0 Å². The maximum atomic E-state index is 11.8. The van der Waals surface area contributed by atoms with Gasteiger partial charge in [-0.2, -0.15) is 0 Å². The second kappa shape index (κ2) is 8.37. The van der Waals surface area contributed by atoms with Crippen molar-refractivity contribution in [3.8, 4) is 0 Å². The van der Waals surface area contributed by atoms with Gasteiger partial charge in [-0.15, -0.1) is 0 Å². The summed E-state index contributed by atoms with van der Waals surface area (Å²) in [5, 5.41) is 6.82. The number of amides is 1. The second-order valence-electron chi connectivity index (χ2n) is 6.48. The van der Waals surface area contributed by atoms with Gasteiger partial charge < -0.3 is 10.6 Å². The number of rotatable bonds is 5. The minimum Gasteiger partial charge on any atom is -0.380 e. The van der Waals surface area contributed by atoms with E-state index in [-0.39, 0.29) is 5.91 Å². The van der Waals surface area contributed by atoms with Crippen molar-refractivity contribution in [2.24, 2.45) is 0 Å². The first-order chi connectivity index (χ1) is 12.2. The minimum atomic E-state index is -0.103. The van der Waals surface area contributed by atoms with Crippen LogP contribution in [0.3, 0.4) is 0 Å². The summed E-state index contributed by atoms with van der Waals surface area (Å²) < 4.78 is 0. The second-order valence-corrected chi connectivity index (χ2v) is 6.89. The topological polar surface area (TPSA) is 44.4 Å². The number of likely N-dealkylation sites (tertiary alicyclic amines) is 1. The minimum absolute atomic E-state index is 0.103. The maximum absolute atomic E-state index is 11.8. The molecular formula is C20H24ClN3O. The van der Waals surface area contributed by atoms with Crippen LogP contribution >= 0.6 is 11.6 Å². The predicted molar refractivity (Wildman–Crippen MR) is 103 cm³/mol. The molecule has 5 heteroatoms. The summed E-state index contributed by atoms with van der Waals surface area (Å²) in [6.45, 7) is 3.04. The van der Waals surface area contributed by atoms with Crippen LogP contribution in [-0.2, 0) is 6.54 Å². The van der Waals surface area contributed by atoms with Crippen LogP contribution in [0.5, 0.6) is 0 Å². The van der Waals surface area contributed by atoms with E-state index < -0.39 is 0 Å². The summed E-state index contributed by atoms with van der Waals surface area (Å²) in [4.78, 5) is 14.3. The molecule has 1 unspecified atom stereocenters. The average Bonchev–Trinajstić information content (AvgIpc) is 2.64. The van der Waals surface area contributed by atoms with Crippen LogP contribution in [0.4, 0.5) is 5.69 Å². The number of hydrogen-bond donors (Lipinski definition) is 2. The molecule has 1 saturated heterocycles. The van der Waals surface area contributed by atoms with Crippen molar-refractivity contribution in [2.45, 2.75) is 25.4 Å². The van der Waals surface area contributed by atoms with Gasteiger partial charge in [0, 0.05) is 31.7 Å². The third-order valence-electron chi connectivity index (χ3n) is 4.57. The molecule has 1 amide bonds. The van der Waals surface area contributed by atoms with Crippen molar-refractivity contribution < 1.29 is 4.79 Å². The Balaban J connectivity index is 1.65. The lowest BCUT2D eigenvalue weighted by Gasteiger charge is -2.34. The van der Waals surface area contributed by atoms with Crippen molar-refractivity contribution in [1.29, 1.82) is 0 Å². The molecule has 0 spiro atoms. The summed E-state index contributed by atoms with van der Waals surface area (Å²) in [6.07, 6.45) is 2.25. The summed E-state index contributed by atoms with van der Waals surface area (Å²) in [5.74, 6) is -0.103. The van der Waals surface area contributed by atoms with Gasteiger partial charge in [-0.05, 0) is 43.1 Å². The predicted octanol–water partition coefficient (Wildman–Crippen LogP) is 3.78. The number of piperidine rings is 1. The lowest BCUT2D eigenvalue weighted by molar-refractivity contribution is 0.0963. The summed E-state index contributed by atoms with van der Waals surface area (Å²) in [5.41, 5.74) is 2.78. The number of carbonyl (C=O) groups excluding carboxylic acids is 1. The molecule has 0 bridgehead atoms. The summed E-state index contributed by atoms with van der Waals surface area (Å²) in [7, 11) is 1.63. The van der Waals surface area contributed by atoms with E-state index in [2.05, 4.69) is 39.8 Å². The maximum Gasteiger partial charge on any atom is 0.251 e. The van der Waals surface area contributed by atoms with Gasteiger partial charge in [0.15, 0.2) is 0 Å². The molecular weight excluding hydrogens is 334 g/mol. The standard InChI is InChI=1S/C20H24ClN3O/c1-22-20(25)16-9-10-18(21)19(12-16)23-17-8-5-11-24(14-17)13-15-6-3-2-4-7-15/h2-4,6-7,9-10,12,17,23H,5,8,11,13-14H2,1H3,(H,22,25). The molecule has 1 aliphatic rings. The number of anilines is 1. The fraction of sp³-hybridized carbons (Fsp3) is 0.350. The van der Waals surface area contributed by atoms with Crippen LogP contribution in [0.2, 0.25) is 5.02 Å². The Morgan fingerprint density at radius 3 is 2.80 bits per heavy atom. The Kier molecular flexibility index (Phi) is 5.95. The quantitative estimate of drug-likeness (QED) is 0.856. The van der Waals surface area contributed by atoms with Crippen molar-refractivity contribution in [1.82, 2.24) is 10.2 Å². The Morgan fingerprint density at radius 2 is 2.04 bits per heavy atom. The number of nitrogens with one attached hydrogen (secondary N) is 2. The van der Waals surface area contributed by atoms with Crippen LogP contribution in [0.1, 0.15) is 28.8 Å². The summed E-state index contributed by atoms with van der Waals surface area (Å²) in [6, 6.07) is 16.2. The number of benzene rings is 2. The van der Waals surface area contributed by atoms with Crippen LogP contribution in [0, 0.1) is 0 Å². The lowest BCUT2D eigenvalue weighted by atomic mass is 10.0. The molecule has 0 aromatic heterocycles. The first-order valence-corrected chi connectivity index (χ1v) is 9.08. The monoisotopic (exact) mass is 357 g/mol. The van der Waals surface area contributed by atoms with E-state index in [4.69, 9.17) is 11.6 Å². The number of halogens is 1. The molecule has 2 N–H and O–H groups in total. The molecule has 25 heavy (non-hydrogen) atoms. The smallest absolute Gasteiger partial charge is 0.251 e. The Bertz CT molecular complexity index is 720. The molecule has 0 radical (unpaired) electrons. The first kappa shape index (κ1) is 17.8. The molecule has 2 aromatic rings. The third-order valence-corrected chi connectivity index (χ3v) is 4.90. The van der Waals surface area contributed by atoms with Crippen molar-refractivity contribution in [2.75, 3.05) is 25.5 Å². The molecule has 3 rings (SSSR count). The van der Waals surface area contributed by atoms with Crippen LogP contribution in [-0.4, -0.2) is 37.0 Å². The zero-order valence-corrected chi connectivity index (χ0v) is 15.2. The molecule has 1 fully saturated rings. The van der Waals surface area contributed by atoms with Crippen LogP contribution in [0.15, 0.2) is 48.5 Å². The third kappa shape index (κ3) is 4.74. The highest BCUT2D eigenvalue weighted by Gasteiger charge is 2.21. The van der Waals surface area contributed by atoms with Gasteiger partial charge in [0.05, 0.1) is 10.7 Å². The molecule has 0 saturated carbocycles. The van der Waals surface area contributed by atoms with Gasteiger partial charge in [0.25, 0.3) is 5.91 Å². The number of carbonyl (C=O) groups is 1. The fourth-order valence-electron chi connectivity index (χ4n) is 3.30. The van der Waals surface area contributed by atoms with Crippen molar-refractivity contribution in [3.05, 3.63) is 64.7 Å². The van der Waals surface area contributed by atoms with Crippen LogP contribution in [0.25, 0.3) is 0 Å². The van der Waals surface area contributed by atoms with E-state index in [0.29, 0.717) is 16.6 Å². The van der Waals surface area contributed by atoms with Gasteiger partial charge in [-0.1, -0.05) is 41.9 Å². The van der Waals surface area contributed by atoms with E-state index in [1.54, 1.807) is 19.2 Å². The van der Waals surface area contributed by atoms with Crippen molar-refractivity contribution in [3.63, 3.8) is 0 Å². The zero-order valence-electron chi connectivity index (χ0n) is 14.5. The molecule has 0 aliphatic carbocycles. The van der Waals surface area contributed by atoms with E-state index in [0.717, 1.165) is 38.2 Å². The molecule has 1 heterocycles. The fourth-order valence-corrected chi connectivity index (χ4v) is 3.47. The highest BCUT2D eigenvalue weighted by molar-refractivity contribution is 6.33. The van der Waals surface area contributed by atoms with Crippen LogP contribution < -0.4 is 10.6 Å². The Morgan fingerprint density at radius 1 is 1.24 bits per heavy atom. The van der Waals surface area contributed by atoms with E-state index in [1.807, 2.05) is 12.1 Å². The molecule has 2 aromatic carbocycles. The molecule has 132 valence electrons. The highest BCUT2D eigenvalue weighted by atomic mass is 35.5. The Hall–Kier alpha value is -2.04. The SMILES string of the molecule is CNC(=O)c1ccc(Cl)c(NC2CCCN(Cc3ccccc3)C2)c1. The van der Waals surface area contributed by atoms with E-state index in [1.165, 1.54) is 5.56 Å². The number of hydrogen-bond acceptors (Lipinski definition) is 3. The molecule has 1 aliphatic heterocycles. The molecule has 1 atom stereocenters. The van der Waals surface area contributed by atoms with Gasteiger partial charge in [-0.25, -0.2) is 0 Å². The van der Waals surface area contributed by atoms with E-state index >= 15 is 0 Å². The van der Waals surface area contributed by atoms with E-state index in [9.17, 15) is 4.79 Å². The normalized spacial score (nSPS) is 17.9. The molecule has 4 nitrogen and oxygen atoms in total. The summed E-state index contributed by atoms with van der Waals surface area (Å²) >= 11 is 6.32.